The molecule has 0 bridgehead atoms. The van der Waals surface area contributed by atoms with Crippen LogP contribution in [0.2, 0.25) is 5.02 Å². The normalized spacial score (nSPS) is 20.1. The smallest absolute Gasteiger partial charge is 0.207 e. The van der Waals surface area contributed by atoms with Crippen LogP contribution < -0.4 is 0 Å². The van der Waals surface area contributed by atoms with E-state index in [1.165, 1.54) is 22.5 Å². The quantitative estimate of drug-likeness (QED) is 0.837. The first-order valence-corrected chi connectivity index (χ1v) is 7.90. The summed E-state index contributed by atoms with van der Waals surface area (Å²) >= 11 is 5.87. The number of rotatable bonds is 2. The predicted molar refractivity (Wildman–Crippen MR) is 73.3 cm³/mol. The lowest BCUT2D eigenvalue weighted by molar-refractivity contribution is 0.305. The van der Waals surface area contributed by atoms with Crippen LogP contribution in [-0.4, -0.2) is 25.8 Å². The Balaban J connectivity index is 2.33. The molecule has 104 valence electrons. The van der Waals surface area contributed by atoms with Gasteiger partial charge in [0.25, 0.3) is 0 Å². The molecular formula is C13H12ClN3O2S. The van der Waals surface area contributed by atoms with Crippen LogP contribution in [0.3, 0.4) is 0 Å². The van der Waals surface area contributed by atoms with Gasteiger partial charge in [-0.25, -0.2) is 8.42 Å². The van der Waals surface area contributed by atoms with E-state index in [0.717, 1.165) is 6.42 Å². The zero-order valence-electron chi connectivity index (χ0n) is 10.6. The minimum absolute atomic E-state index is 0.0556. The van der Waals surface area contributed by atoms with Gasteiger partial charge in [-0.2, -0.15) is 14.8 Å². The van der Waals surface area contributed by atoms with E-state index in [-0.39, 0.29) is 27.9 Å². The number of benzene rings is 1. The number of halogens is 1. The van der Waals surface area contributed by atoms with Gasteiger partial charge in [-0.15, -0.1) is 0 Å². The van der Waals surface area contributed by atoms with Gasteiger partial charge in [0.2, 0.25) is 10.0 Å². The first kappa shape index (κ1) is 14.8. The lowest BCUT2D eigenvalue weighted by Crippen LogP contribution is -2.39. The van der Waals surface area contributed by atoms with Crippen LogP contribution in [0.4, 0.5) is 0 Å². The van der Waals surface area contributed by atoms with Crippen LogP contribution in [0.5, 0.6) is 0 Å². The van der Waals surface area contributed by atoms with Crippen molar-refractivity contribution in [1.29, 1.82) is 10.5 Å². The number of nitriles is 2. The summed E-state index contributed by atoms with van der Waals surface area (Å²) in [5, 5.41) is 17.8. The van der Waals surface area contributed by atoms with E-state index in [1.54, 1.807) is 0 Å². The number of piperidine rings is 1. The topological polar surface area (TPSA) is 85.0 Å². The van der Waals surface area contributed by atoms with Gasteiger partial charge in [0.15, 0.2) is 0 Å². The fourth-order valence-electron chi connectivity index (χ4n) is 2.16. The average Bonchev–Trinajstić information content (AvgIpc) is 2.47. The number of nitrogens with zero attached hydrogens (tertiary/aromatic N) is 3. The molecule has 0 amide bonds. The summed E-state index contributed by atoms with van der Waals surface area (Å²) in [6.45, 7) is 0.606. The highest BCUT2D eigenvalue weighted by Gasteiger charge is 2.30. The second kappa shape index (κ2) is 5.80. The Morgan fingerprint density at radius 3 is 2.70 bits per heavy atom. The second-order valence-electron chi connectivity index (χ2n) is 4.58. The summed E-state index contributed by atoms with van der Waals surface area (Å²) in [6, 6.07) is 8.04. The number of hydrogen-bond acceptors (Lipinski definition) is 4. The van der Waals surface area contributed by atoms with Gasteiger partial charge in [0, 0.05) is 13.1 Å². The molecule has 0 radical (unpaired) electrons. The van der Waals surface area contributed by atoms with Crippen molar-refractivity contribution < 1.29 is 8.42 Å². The molecule has 0 spiro atoms. The summed E-state index contributed by atoms with van der Waals surface area (Å²) in [6.07, 6.45) is 1.39. The molecule has 1 atom stereocenters. The molecule has 1 heterocycles. The maximum atomic E-state index is 12.5. The lowest BCUT2D eigenvalue weighted by Gasteiger charge is -2.28. The third-order valence-corrected chi connectivity index (χ3v) is 5.44. The Bertz CT molecular complexity index is 703. The van der Waals surface area contributed by atoms with Crippen LogP contribution in [0, 0.1) is 28.6 Å². The highest BCUT2D eigenvalue weighted by atomic mass is 35.5. The van der Waals surface area contributed by atoms with E-state index in [2.05, 4.69) is 6.07 Å². The summed E-state index contributed by atoms with van der Waals surface area (Å²) in [5.74, 6) is -0.271. The van der Waals surface area contributed by atoms with Crippen molar-refractivity contribution in [2.45, 2.75) is 17.7 Å². The molecule has 1 aromatic rings. The maximum Gasteiger partial charge on any atom is 0.243 e. The predicted octanol–water partition coefficient (Wildman–Crippen LogP) is 2.14. The van der Waals surface area contributed by atoms with E-state index in [4.69, 9.17) is 22.1 Å². The van der Waals surface area contributed by atoms with E-state index < -0.39 is 10.0 Å². The molecule has 7 heteroatoms. The molecule has 1 fully saturated rings. The monoisotopic (exact) mass is 309 g/mol. The molecule has 0 aliphatic carbocycles. The summed E-state index contributed by atoms with van der Waals surface area (Å²) in [7, 11) is -3.66. The molecule has 5 nitrogen and oxygen atoms in total. The molecule has 0 N–H and O–H groups in total. The zero-order valence-corrected chi connectivity index (χ0v) is 12.2. The maximum absolute atomic E-state index is 12.5. The second-order valence-corrected chi connectivity index (χ2v) is 6.93. The van der Waals surface area contributed by atoms with E-state index >= 15 is 0 Å². The van der Waals surface area contributed by atoms with Gasteiger partial charge in [-0.1, -0.05) is 11.6 Å². The van der Waals surface area contributed by atoms with Gasteiger partial charge < -0.3 is 0 Å². The van der Waals surface area contributed by atoms with Crippen molar-refractivity contribution >= 4 is 21.6 Å². The Kier molecular flexibility index (Phi) is 4.29. The van der Waals surface area contributed by atoms with Crippen molar-refractivity contribution in [3.63, 3.8) is 0 Å². The molecule has 1 unspecified atom stereocenters. The largest absolute Gasteiger partial charge is 0.243 e. The van der Waals surface area contributed by atoms with Gasteiger partial charge >= 0.3 is 0 Å². The van der Waals surface area contributed by atoms with Crippen molar-refractivity contribution in [1.82, 2.24) is 4.31 Å². The van der Waals surface area contributed by atoms with E-state index in [9.17, 15) is 8.42 Å². The fourth-order valence-corrected chi connectivity index (χ4v) is 4.00. The van der Waals surface area contributed by atoms with Crippen molar-refractivity contribution in [3.05, 3.63) is 28.8 Å². The third kappa shape index (κ3) is 2.78. The van der Waals surface area contributed by atoms with Crippen LogP contribution in [0.25, 0.3) is 0 Å². The van der Waals surface area contributed by atoms with Crippen LogP contribution >= 0.6 is 11.6 Å². The fraction of sp³-hybridized carbons (Fsp3) is 0.385. The molecule has 1 aliphatic rings. The zero-order chi connectivity index (χ0) is 14.8. The molecule has 0 aromatic heterocycles. The Morgan fingerprint density at radius 1 is 1.35 bits per heavy atom. The van der Waals surface area contributed by atoms with Crippen molar-refractivity contribution in [3.8, 4) is 12.1 Å². The van der Waals surface area contributed by atoms with Gasteiger partial charge in [0.05, 0.1) is 27.5 Å². The molecule has 1 aliphatic heterocycles. The van der Waals surface area contributed by atoms with Gasteiger partial charge in [0.1, 0.15) is 6.07 Å². The van der Waals surface area contributed by atoms with Crippen LogP contribution in [-0.2, 0) is 10.0 Å². The summed E-state index contributed by atoms with van der Waals surface area (Å²) in [5.41, 5.74) is 0.235. The molecule has 0 saturated carbocycles. The van der Waals surface area contributed by atoms with Crippen LogP contribution in [0.15, 0.2) is 23.1 Å². The minimum atomic E-state index is -3.66. The van der Waals surface area contributed by atoms with E-state index in [1.807, 2.05) is 6.07 Å². The average molecular weight is 310 g/mol. The first-order valence-electron chi connectivity index (χ1n) is 6.08. The number of hydrogen-bond donors (Lipinski definition) is 0. The molecule has 20 heavy (non-hydrogen) atoms. The Morgan fingerprint density at radius 2 is 2.10 bits per heavy atom. The SMILES string of the molecule is N#Cc1ccc(S(=O)(=O)N2CCCC(C#N)C2)cc1Cl. The highest BCUT2D eigenvalue weighted by molar-refractivity contribution is 7.89. The molecule has 1 saturated heterocycles. The molecule has 1 aromatic carbocycles. The standard InChI is InChI=1S/C13H12ClN3O2S/c14-13-6-12(4-3-11(13)8-16)20(18,19)17-5-1-2-10(7-15)9-17/h3-4,6,10H,1-2,5,9H2. The summed E-state index contributed by atoms with van der Waals surface area (Å²) < 4.78 is 26.3. The minimum Gasteiger partial charge on any atom is -0.207 e. The van der Waals surface area contributed by atoms with Crippen molar-refractivity contribution in [2.24, 2.45) is 5.92 Å². The van der Waals surface area contributed by atoms with Gasteiger partial charge in [-0.3, -0.25) is 0 Å². The van der Waals surface area contributed by atoms with Gasteiger partial charge in [-0.05, 0) is 31.0 Å². The third-order valence-electron chi connectivity index (χ3n) is 3.27. The molecule has 2 rings (SSSR count). The van der Waals surface area contributed by atoms with Crippen LogP contribution in [0.1, 0.15) is 18.4 Å². The Labute approximate surface area is 123 Å². The number of sulfonamides is 1. The lowest BCUT2D eigenvalue weighted by atomic mass is 10.0. The molecular weight excluding hydrogens is 298 g/mol. The Hall–Kier alpha value is -1.60. The van der Waals surface area contributed by atoms with E-state index in [0.29, 0.717) is 13.0 Å². The van der Waals surface area contributed by atoms with Crippen molar-refractivity contribution in [2.75, 3.05) is 13.1 Å². The first-order chi connectivity index (χ1) is 9.48. The highest BCUT2D eigenvalue weighted by Crippen LogP contribution is 2.26. The summed E-state index contributed by atoms with van der Waals surface area (Å²) in [4.78, 5) is 0.0556.